The normalized spacial score (nSPS) is 10.0. The molecule has 0 heterocycles. The quantitative estimate of drug-likeness (QED) is 0.871. The summed E-state index contributed by atoms with van der Waals surface area (Å²) < 4.78 is 5.45. The highest BCUT2D eigenvalue weighted by Gasteiger charge is 2.13. The van der Waals surface area contributed by atoms with E-state index in [-0.39, 0.29) is 11.8 Å². The number of benzene rings is 2. The molecule has 2 aromatic rings. The lowest BCUT2D eigenvalue weighted by molar-refractivity contribution is -0.114. The highest BCUT2D eigenvalue weighted by molar-refractivity contribution is 6.34. The number of hydrogen-bond donors (Lipinski definition) is 2. The molecule has 0 aromatic heterocycles. The number of carbonyl (C=O) groups is 2. The lowest BCUT2D eigenvalue weighted by Gasteiger charge is -2.11. The molecule has 2 N–H and O–H groups in total. The molecule has 0 atom stereocenters. The van der Waals surface area contributed by atoms with Crippen LogP contribution < -0.4 is 15.4 Å². The van der Waals surface area contributed by atoms with E-state index < -0.39 is 0 Å². The molecule has 0 bridgehead atoms. The summed E-state index contributed by atoms with van der Waals surface area (Å²) in [5.41, 5.74) is 1.46. The van der Waals surface area contributed by atoms with Gasteiger partial charge in [-0.05, 0) is 37.3 Å². The van der Waals surface area contributed by atoms with Gasteiger partial charge >= 0.3 is 0 Å². The minimum absolute atomic E-state index is 0.214. The van der Waals surface area contributed by atoms with Gasteiger partial charge in [0.15, 0.2) is 0 Å². The zero-order chi connectivity index (χ0) is 16.8. The molecular weight excluding hydrogens is 316 g/mol. The van der Waals surface area contributed by atoms with Crippen LogP contribution >= 0.6 is 11.6 Å². The number of anilines is 2. The Bertz CT molecular complexity index is 732. The van der Waals surface area contributed by atoms with Crippen LogP contribution in [0.5, 0.6) is 5.75 Å². The lowest BCUT2D eigenvalue weighted by Crippen LogP contribution is -2.14. The third-order valence-corrected chi connectivity index (χ3v) is 3.28. The number of halogens is 1. The maximum Gasteiger partial charge on any atom is 0.259 e. The summed E-state index contributed by atoms with van der Waals surface area (Å²) in [6.45, 7) is 3.73. The highest BCUT2D eigenvalue weighted by atomic mass is 35.5. The van der Waals surface area contributed by atoms with Crippen molar-refractivity contribution >= 4 is 34.8 Å². The van der Waals surface area contributed by atoms with E-state index in [0.717, 1.165) is 0 Å². The van der Waals surface area contributed by atoms with E-state index in [2.05, 4.69) is 10.6 Å². The zero-order valence-electron chi connectivity index (χ0n) is 12.9. The van der Waals surface area contributed by atoms with Gasteiger partial charge in [-0.3, -0.25) is 9.59 Å². The van der Waals surface area contributed by atoms with Gasteiger partial charge in [0.25, 0.3) is 5.91 Å². The number of para-hydroxylation sites is 1. The van der Waals surface area contributed by atoms with Gasteiger partial charge < -0.3 is 15.4 Å². The summed E-state index contributed by atoms with van der Waals surface area (Å²) >= 11 is 6.09. The van der Waals surface area contributed by atoms with Gasteiger partial charge in [0, 0.05) is 12.6 Å². The zero-order valence-corrected chi connectivity index (χ0v) is 13.6. The number of hydrogen-bond acceptors (Lipinski definition) is 3. The maximum atomic E-state index is 12.4. The van der Waals surface area contributed by atoms with Crippen molar-refractivity contribution < 1.29 is 14.3 Å². The number of nitrogens with one attached hydrogen (secondary N) is 2. The Balaban J connectivity index is 2.17. The summed E-state index contributed by atoms with van der Waals surface area (Å²) in [4.78, 5) is 23.4. The number of carbonyl (C=O) groups excluding carboxylic acids is 2. The average molecular weight is 333 g/mol. The van der Waals surface area contributed by atoms with Gasteiger partial charge in [-0.2, -0.15) is 0 Å². The Morgan fingerprint density at radius 1 is 1.13 bits per heavy atom. The Kier molecular flexibility index (Phi) is 5.60. The first-order chi connectivity index (χ1) is 11.0. The predicted molar refractivity (Wildman–Crippen MR) is 91.3 cm³/mol. The van der Waals surface area contributed by atoms with Crippen molar-refractivity contribution in [3.8, 4) is 5.75 Å². The SMILES string of the molecule is CCOc1ccccc1C(=O)Nc1ccc(NC(C)=O)c(Cl)c1. The monoisotopic (exact) mass is 332 g/mol. The van der Waals surface area contributed by atoms with Crippen LogP contribution in [0, 0.1) is 0 Å². The molecule has 2 aromatic carbocycles. The summed E-state index contributed by atoms with van der Waals surface area (Å²) in [6, 6.07) is 11.9. The topological polar surface area (TPSA) is 67.4 Å². The second kappa shape index (κ2) is 7.65. The van der Waals surface area contributed by atoms with E-state index in [0.29, 0.717) is 34.3 Å². The van der Waals surface area contributed by atoms with Gasteiger partial charge in [0.2, 0.25) is 5.91 Å². The molecule has 0 fully saturated rings. The van der Waals surface area contributed by atoms with E-state index >= 15 is 0 Å². The summed E-state index contributed by atoms with van der Waals surface area (Å²) in [7, 11) is 0. The Morgan fingerprint density at radius 2 is 1.87 bits per heavy atom. The first kappa shape index (κ1) is 16.8. The van der Waals surface area contributed by atoms with Crippen LogP contribution in [0.3, 0.4) is 0 Å². The smallest absolute Gasteiger partial charge is 0.259 e. The lowest BCUT2D eigenvalue weighted by atomic mass is 10.2. The molecular formula is C17H17ClN2O3. The average Bonchev–Trinajstić information content (AvgIpc) is 2.50. The van der Waals surface area contributed by atoms with Gasteiger partial charge in [0.05, 0.1) is 22.9 Å². The van der Waals surface area contributed by atoms with E-state index in [4.69, 9.17) is 16.3 Å². The highest BCUT2D eigenvalue weighted by Crippen LogP contribution is 2.26. The molecule has 0 spiro atoms. The van der Waals surface area contributed by atoms with Crippen LogP contribution in [0.2, 0.25) is 5.02 Å². The van der Waals surface area contributed by atoms with Crippen molar-refractivity contribution in [3.05, 3.63) is 53.1 Å². The Labute approximate surface area is 139 Å². The molecule has 5 nitrogen and oxygen atoms in total. The molecule has 23 heavy (non-hydrogen) atoms. The predicted octanol–water partition coefficient (Wildman–Crippen LogP) is 3.95. The second-order valence-corrected chi connectivity index (χ2v) is 5.17. The fourth-order valence-electron chi connectivity index (χ4n) is 2.02. The van der Waals surface area contributed by atoms with Crippen LogP contribution in [0.4, 0.5) is 11.4 Å². The van der Waals surface area contributed by atoms with E-state index in [9.17, 15) is 9.59 Å². The standard InChI is InChI=1S/C17H17ClN2O3/c1-3-23-16-7-5-4-6-13(16)17(22)20-12-8-9-15(14(18)10-12)19-11(2)21/h4-10H,3H2,1-2H3,(H,19,21)(H,20,22). The molecule has 0 saturated carbocycles. The third kappa shape index (κ3) is 4.47. The second-order valence-electron chi connectivity index (χ2n) is 4.76. The van der Waals surface area contributed by atoms with Crippen molar-refractivity contribution in [3.63, 3.8) is 0 Å². The summed E-state index contributed by atoms with van der Waals surface area (Å²) in [5, 5.41) is 5.71. The maximum absolute atomic E-state index is 12.4. The molecule has 2 amide bonds. The van der Waals surface area contributed by atoms with Crippen molar-refractivity contribution in [2.45, 2.75) is 13.8 Å². The fraction of sp³-hybridized carbons (Fsp3) is 0.176. The van der Waals surface area contributed by atoms with Crippen LogP contribution in [0.15, 0.2) is 42.5 Å². The molecule has 120 valence electrons. The molecule has 2 rings (SSSR count). The van der Waals surface area contributed by atoms with E-state index in [1.165, 1.54) is 6.92 Å². The number of ether oxygens (including phenoxy) is 1. The Morgan fingerprint density at radius 3 is 2.52 bits per heavy atom. The molecule has 0 aliphatic heterocycles. The van der Waals surface area contributed by atoms with Crippen LogP contribution in [0.25, 0.3) is 0 Å². The van der Waals surface area contributed by atoms with Crippen molar-refractivity contribution in [1.82, 2.24) is 0 Å². The van der Waals surface area contributed by atoms with Gasteiger partial charge in [0.1, 0.15) is 5.75 Å². The van der Waals surface area contributed by atoms with Crippen LogP contribution in [-0.2, 0) is 4.79 Å². The molecule has 0 radical (unpaired) electrons. The fourth-order valence-corrected chi connectivity index (χ4v) is 2.25. The van der Waals surface area contributed by atoms with Crippen molar-refractivity contribution in [2.75, 3.05) is 17.2 Å². The van der Waals surface area contributed by atoms with Gasteiger partial charge in [-0.25, -0.2) is 0 Å². The van der Waals surface area contributed by atoms with Crippen LogP contribution in [-0.4, -0.2) is 18.4 Å². The number of amides is 2. The first-order valence-electron chi connectivity index (χ1n) is 7.11. The minimum Gasteiger partial charge on any atom is -0.493 e. The summed E-state index contributed by atoms with van der Waals surface area (Å²) in [5.74, 6) is 0.0141. The van der Waals surface area contributed by atoms with Crippen molar-refractivity contribution in [1.29, 1.82) is 0 Å². The molecule has 0 saturated heterocycles. The Hall–Kier alpha value is -2.53. The van der Waals surface area contributed by atoms with Crippen molar-refractivity contribution in [2.24, 2.45) is 0 Å². The minimum atomic E-state index is -0.294. The molecule has 0 aliphatic carbocycles. The molecule has 0 unspecified atom stereocenters. The van der Waals surface area contributed by atoms with Gasteiger partial charge in [-0.1, -0.05) is 23.7 Å². The largest absolute Gasteiger partial charge is 0.493 e. The summed E-state index contributed by atoms with van der Waals surface area (Å²) in [6.07, 6.45) is 0. The van der Waals surface area contributed by atoms with Crippen LogP contribution in [0.1, 0.15) is 24.2 Å². The third-order valence-electron chi connectivity index (χ3n) is 2.97. The number of rotatable bonds is 5. The first-order valence-corrected chi connectivity index (χ1v) is 7.49. The van der Waals surface area contributed by atoms with Gasteiger partial charge in [-0.15, -0.1) is 0 Å². The molecule has 0 aliphatic rings. The van der Waals surface area contributed by atoms with E-state index in [1.807, 2.05) is 6.92 Å². The molecule has 6 heteroatoms. The van der Waals surface area contributed by atoms with E-state index in [1.54, 1.807) is 42.5 Å².